The molecule has 14 heteroatoms. The van der Waals surface area contributed by atoms with E-state index in [0.29, 0.717) is 11.1 Å². The van der Waals surface area contributed by atoms with E-state index in [2.05, 4.69) is 16.0 Å². The third kappa shape index (κ3) is 13.0. The molecule has 0 aromatic heterocycles. The van der Waals surface area contributed by atoms with Crippen LogP contribution in [0.15, 0.2) is 48.0 Å². The third-order valence-electron chi connectivity index (χ3n) is 6.02. The van der Waals surface area contributed by atoms with Crippen molar-refractivity contribution in [2.45, 2.75) is 71.1 Å². The Morgan fingerprint density at radius 2 is 1.78 bits per heavy atom. The molecular formula is C31H37F4N5O5. The van der Waals surface area contributed by atoms with Crippen LogP contribution in [0.4, 0.5) is 17.6 Å². The molecule has 0 fully saturated rings. The minimum absolute atomic E-state index is 0.150. The molecule has 3 atom stereocenters. The molecule has 45 heavy (non-hydrogen) atoms. The number of carbonyl (C=O) groups excluding carboxylic acids is 3. The fraction of sp³-hybridized carbons (Fsp3) is 0.419. The van der Waals surface area contributed by atoms with Gasteiger partial charge in [-0.1, -0.05) is 24.3 Å². The second-order valence-corrected chi connectivity index (χ2v) is 11.3. The van der Waals surface area contributed by atoms with Crippen LogP contribution in [0.2, 0.25) is 0 Å². The van der Waals surface area contributed by atoms with Crippen molar-refractivity contribution >= 4 is 23.8 Å². The van der Waals surface area contributed by atoms with Gasteiger partial charge in [0, 0.05) is 17.6 Å². The highest BCUT2D eigenvalue weighted by Crippen LogP contribution is 2.18. The molecule has 3 amide bonds. The van der Waals surface area contributed by atoms with E-state index in [1.807, 2.05) is 11.4 Å². The number of rotatable bonds is 13. The molecule has 0 saturated carbocycles. The topological polar surface area (TPSA) is 153 Å². The molecular weight excluding hydrogens is 598 g/mol. The minimum atomic E-state index is -4.68. The number of nitriles is 1. The van der Waals surface area contributed by atoms with E-state index in [-0.39, 0.29) is 23.4 Å². The van der Waals surface area contributed by atoms with Gasteiger partial charge in [-0.15, -0.1) is 0 Å². The van der Waals surface area contributed by atoms with Gasteiger partial charge in [0.1, 0.15) is 41.9 Å². The lowest BCUT2D eigenvalue weighted by atomic mass is 10.1. The number of nitrogens with zero attached hydrogens (tertiary/aromatic N) is 1. The molecule has 2 rings (SSSR count). The standard InChI is InChI=1S/C31H37F4N5O5/c1-18-9-10-21(24(32)11-18)15-37-28(43)25(39-29(44)26(19(2)41)38-17-31(33,34)35)16-45-23-8-6-7-20(13-23)12-22(14-36)27(42)40-30(3,4)5/h6-13,19,25-26,38,41H,15-17H2,1-5H3,(H,37,43)(H,39,44)(H,40,42). The number of carbonyl (C=O) groups is 3. The molecule has 10 nitrogen and oxygen atoms in total. The Morgan fingerprint density at radius 3 is 2.36 bits per heavy atom. The molecule has 0 saturated heterocycles. The predicted octanol–water partition coefficient (Wildman–Crippen LogP) is 3.04. The van der Waals surface area contributed by atoms with Crippen LogP contribution in [0, 0.1) is 24.1 Å². The van der Waals surface area contributed by atoms with Gasteiger partial charge < -0.3 is 25.8 Å². The van der Waals surface area contributed by atoms with Crippen LogP contribution in [0.3, 0.4) is 0 Å². The average molecular weight is 636 g/mol. The minimum Gasteiger partial charge on any atom is -0.491 e. The zero-order valence-corrected chi connectivity index (χ0v) is 25.5. The van der Waals surface area contributed by atoms with Crippen molar-refractivity contribution in [3.63, 3.8) is 0 Å². The van der Waals surface area contributed by atoms with Crippen molar-refractivity contribution in [1.29, 1.82) is 5.26 Å². The van der Waals surface area contributed by atoms with Crippen molar-refractivity contribution in [1.82, 2.24) is 21.3 Å². The van der Waals surface area contributed by atoms with E-state index in [1.165, 1.54) is 30.3 Å². The number of hydrogen-bond acceptors (Lipinski definition) is 7. The largest absolute Gasteiger partial charge is 0.491 e. The Morgan fingerprint density at radius 1 is 1.09 bits per heavy atom. The van der Waals surface area contributed by atoms with Crippen LogP contribution in [-0.2, 0) is 20.9 Å². The highest BCUT2D eigenvalue weighted by atomic mass is 19.4. The predicted molar refractivity (Wildman–Crippen MR) is 158 cm³/mol. The smallest absolute Gasteiger partial charge is 0.401 e. The molecule has 0 aliphatic rings. The van der Waals surface area contributed by atoms with Gasteiger partial charge in [0.25, 0.3) is 5.91 Å². The average Bonchev–Trinajstić information content (AvgIpc) is 2.91. The maximum Gasteiger partial charge on any atom is 0.401 e. The lowest BCUT2D eigenvalue weighted by molar-refractivity contribution is -0.138. The van der Waals surface area contributed by atoms with Crippen molar-refractivity contribution in [3.8, 4) is 11.8 Å². The van der Waals surface area contributed by atoms with Gasteiger partial charge in [-0.25, -0.2) is 4.39 Å². The van der Waals surface area contributed by atoms with Crippen LogP contribution in [0.1, 0.15) is 44.4 Å². The van der Waals surface area contributed by atoms with Gasteiger partial charge in [-0.2, -0.15) is 18.4 Å². The zero-order chi connectivity index (χ0) is 33.9. The molecule has 5 N–H and O–H groups in total. The van der Waals surface area contributed by atoms with Gasteiger partial charge in [0.15, 0.2) is 0 Å². The van der Waals surface area contributed by atoms with Crippen LogP contribution in [0.25, 0.3) is 6.08 Å². The fourth-order valence-corrected chi connectivity index (χ4v) is 3.85. The van der Waals surface area contributed by atoms with Crippen molar-refractivity contribution in [3.05, 3.63) is 70.5 Å². The first-order valence-electron chi connectivity index (χ1n) is 13.9. The molecule has 0 aliphatic carbocycles. The summed E-state index contributed by atoms with van der Waals surface area (Å²) in [6, 6.07) is 9.10. The first-order valence-corrected chi connectivity index (χ1v) is 13.9. The Kier molecular flexibility index (Phi) is 13.1. The molecule has 0 radical (unpaired) electrons. The summed E-state index contributed by atoms with van der Waals surface area (Å²) in [5.41, 5.74) is 0.449. The van der Waals surface area contributed by atoms with E-state index in [1.54, 1.807) is 45.9 Å². The number of benzene rings is 2. The fourth-order valence-electron chi connectivity index (χ4n) is 3.85. The normalized spacial score (nSPS) is 14.0. The monoisotopic (exact) mass is 635 g/mol. The molecule has 0 aliphatic heterocycles. The number of alkyl halides is 3. The summed E-state index contributed by atoms with van der Waals surface area (Å²) >= 11 is 0. The van der Waals surface area contributed by atoms with Gasteiger partial charge in [-0.05, 0) is 70.0 Å². The summed E-state index contributed by atoms with van der Waals surface area (Å²) in [5, 5.41) is 28.8. The van der Waals surface area contributed by atoms with Gasteiger partial charge >= 0.3 is 6.18 Å². The maximum atomic E-state index is 14.3. The number of hydrogen-bond donors (Lipinski definition) is 5. The number of ether oxygens (including phenoxy) is 1. The summed E-state index contributed by atoms with van der Waals surface area (Å²) in [6.07, 6.45) is -4.91. The van der Waals surface area contributed by atoms with Crippen LogP contribution in [0.5, 0.6) is 5.75 Å². The Labute approximate surface area is 258 Å². The second-order valence-electron chi connectivity index (χ2n) is 11.3. The lowest BCUT2D eigenvalue weighted by Gasteiger charge is -2.25. The Hall–Kier alpha value is -4.48. The molecule has 0 spiro atoms. The molecule has 2 aromatic carbocycles. The highest BCUT2D eigenvalue weighted by Gasteiger charge is 2.34. The molecule has 3 unspecified atom stereocenters. The number of halogens is 4. The van der Waals surface area contributed by atoms with Gasteiger partial charge in [-0.3, -0.25) is 19.7 Å². The number of amides is 3. The Balaban J connectivity index is 2.27. The highest BCUT2D eigenvalue weighted by molar-refractivity contribution is 6.02. The van der Waals surface area contributed by atoms with E-state index < -0.39 is 66.6 Å². The summed E-state index contributed by atoms with van der Waals surface area (Å²) in [6.45, 7) is 5.70. The first kappa shape index (κ1) is 36.7. The van der Waals surface area contributed by atoms with Crippen molar-refractivity contribution in [2.24, 2.45) is 0 Å². The molecule has 0 bridgehead atoms. The van der Waals surface area contributed by atoms with Crippen molar-refractivity contribution in [2.75, 3.05) is 13.2 Å². The van der Waals surface area contributed by atoms with E-state index in [4.69, 9.17) is 4.74 Å². The number of aryl methyl sites for hydroxylation is 1. The number of nitrogens with one attached hydrogen (secondary N) is 4. The number of aliphatic hydroxyl groups excluding tert-OH is 1. The molecule has 2 aromatic rings. The number of aliphatic hydroxyl groups is 1. The summed E-state index contributed by atoms with van der Waals surface area (Å²) in [4.78, 5) is 38.5. The zero-order valence-electron chi connectivity index (χ0n) is 25.5. The van der Waals surface area contributed by atoms with Crippen LogP contribution >= 0.6 is 0 Å². The summed E-state index contributed by atoms with van der Waals surface area (Å²) < 4.78 is 58.4. The molecule has 0 heterocycles. The maximum absolute atomic E-state index is 14.3. The summed E-state index contributed by atoms with van der Waals surface area (Å²) in [7, 11) is 0. The SMILES string of the molecule is Cc1ccc(CNC(=O)C(COc2cccc(C=C(C#N)C(=O)NC(C)(C)C)c2)NC(=O)C(NCC(F)(F)F)C(C)O)c(F)c1. The van der Waals surface area contributed by atoms with Crippen LogP contribution in [-0.4, -0.2) is 65.9 Å². The van der Waals surface area contributed by atoms with Gasteiger partial charge in [0.2, 0.25) is 11.8 Å². The van der Waals surface area contributed by atoms with Crippen LogP contribution < -0.4 is 26.0 Å². The van der Waals surface area contributed by atoms with E-state index in [9.17, 15) is 42.3 Å². The van der Waals surface area contributed by atoms with E-state index in [0.717, 1.165) is 6.92 Å². The first-order chi connectivity index (χ1) is 20.9. The van der Waals surface area contributed by atoms with Crippen molar-refractivity contribution < 1.29 is 41.8 Å². The Bertz CT molecular complexity index is 1430. The summed E-state index contributed by atoms with van der Waals surface area (Å²) in [5.74, 6) is -2.95. The quantitative estimate of drug-likeness (QED) is 0.129. The third-order valence-corrected chi connectivity index (χ3v) is 6.02. The molecule has 244 valence electrons. The second kappa shape index (κ2) is 16.0. The van der Waals surface area contributed by atoms with Gasteiger partial charge in [0.05, 0.1) is 12.6 Å². The van der Waals surface area contributed by atoms with E-state index >= 15 is 0 Å². The lowest BCUT2D eigenvalue weighted by Crippen LogP contribution is -2.58.